The molecule has 110 valence electrons. The van der Waals surface area contributed by atoms with Crippen LogP contribution in [0.1, 0.15) is 16.7 Å². The van der Waals surface area contributed by atoms with Crippen molar-refractivity contribution in [3.8, 4) is 0 Å². The number of H-pyrrole nitrogens is 1. The van der Waals surface area contributed by atoms with Gasteiger partial charge in [-0.15, -0.1) is 11.3 Å². The van der Waals surface area contributed by atoms with Crippen LogP contribution < -0.4 is 4.72 Å². The summed E-state index contributed by atoms with van der Waals surface area (Å²) >= 11 is 1.61. The summed E-state index contributed by atoms with van der Waals surface area (Å²) in [6, 6.07) is 3.97. The summed E-state index contributed by atoms with van der Waals surface area (Å²) in [5.74, 6) is 0.577. The van der Waals surface area contributed by atoms with Gasteiger partial charge in [0, 0.05) is 11.4 Å². The highest BCUT2D eigenvalue weighted by molar-refractivity contribution is 7.89. The second-order valence-corrected chi connectivity index (χ2v) is 7.39. The number of rotatable bonds is 6. The van der Waals surface area contributed by atoms with Gasteiger partial charge in [0.15, 0.2) is 5.03 Å². The second kappa shape index (κ2) is 6.04. The van der Waals surface area contributed by atoms with Gasteiger partial charge in [-0.3, -0.25) is 0 Å². The van der Waals surface area contributed by atoms with Crippen molar-refractivity contribution in [2.24, 2.45) is 0 Å². The zero-order chi connectivity index (χ0) is 14.8. The molecule has 0 aliphatic heterocycles. The van der Waals surface area contributed by atoms with Gasteiger partial charge in [-0.1, -0.05) is 6.07 Å². The van der Waals surface area contributed by atoms with E-state index < -0.39 is 10.0 Å². The average molecular weight is 314 g/mol. The molecule has 0 aliphatic carbocycles. The maximum Gasteiger partial charge on any atom is 0.257 e. The van der Waals surface area contributed by atoms with E-state index >= 15 is 0 Å². The minimum Gasteiger partial charge on any atom is -0.332 e. The van der Waals surface area contributed by atoms with Crippen LogP contribution in [0.5, 0.6) is 0 Å². The van der Waals surface area contributed by atoms with E-state index in [1.165, 1.54) is 6.20 Å². The van der Waals surface area contributed by atoms with Gasteiger partial charge in [0.1, 0.15) is 5.82 Å². The van der Waals surface area contributed by atoms with Gasteiger partial charge in [-0.25, -0.2) is 18.1 Å². The first-order chi connectivity index (χ1) is 9.40. The third-order valence-corrected chi connectivity index (χ3v) is 5.24. The molecule has 2 heterocycles. The van der Waals surface area contributed by atoms with Gasteiger partial charge in [0.05, 0.1) is 12.2 Å². The largest absolute Gasteiger partial charge is 0.332 e. The lowest BCUT2D eigenvalue weighted by Gasteiger charge is -2.23. The molecule has 8 heteroatoms. The summed E-state index contributed by atoms with van der Waals surface area (Å²) in [6.07, 6.45) is 1.33. The number of sulfonamides is 1. The van der Waals surface area contributed by atoms with Crippen LogP contribution in [0, 0.1) is 6.92 Å². The van der Waals surface area contributed by atoms with Crippen molar-refractivity contribution >= 4 is 21.4 Å². The molecule has 0 amide bonds. The number of aromatic amines is 1. The number of hydrogen-bond donors (Lipinski definition) is 2. The zero-order valence-electron chi connectivity index (χ0n) is 11.6. The molecule has 0 fully saturated rings. The Hall–Kier alpha value is -1.22. The number of aromatic nitrogens is 2. The average Bonchev–Trinajstić information content (AvgIpc) is 3.00. The van der Waals surface area contributed by atoms with Gasteiger partial charge in [0.25, 0.3) is 10.0 Å². The maximum absolute atomic E-state index is 12.1. The van der Waals surface area contributed by atoms with Gasteiger partial charge >= 0.3 is 0 Å². The molecular weight excluding hydrogens is 296 g/mol. The van der Waals surface area contributed by atoms with Crippen molar-refractivity contribution in [1.82, 2.24) is 19.6 Å². The molecule has 0 saturated carbocycles. The number of imidazole rings is 1. The molecule has 6 nitrogen and oxygen atoms in total. The molecule has 2 rings (SSSR count). The summed E-state index contributed by atoms with van der Waals surface area (Å²) in [7, 11) is 0.310. The van der Waals surface area contributed by atoms with Crippen LogP contribution in [0.2, 0.25) is 0 Å². The first kappa shape index (κ1) is 15.2. The predicted octanol–water partition coefficient (Wildman–Crippen LogP) is 1.36. The maximum atomic E-state index is 12.1. The monoisotopic (exact) mass is 314 g/mol. The Labute approximate surface area is 122 Å². The molecule has 0 bridgehead atoms. The lowest BCUT2D eigenvalue weighted by molar-refractivity contribution is 0.303. The molecule has 2 aromatic rings. The number of hydrogen-bond acceptors (Lipinski definition) is 5. The Morgan fingerprint density at radius 2 is 2.25 bits per heavy atom. The molecular formula is C12H18N4O2S2. The van der Waals surface area contributed by atoms with Crippen LogP contribution in [-0.4, -0.2) is 43.9 Å². The van der Waals surface area contributed by atoms with E-state index in [0.29, 0.717) is 12.4 Å². The predicted molar refractivity (Wildman–Crippen MR) is 79.3 cm³/mol. The van der Waals surface area contributed by atoms with Gasteiger partial charge < -0.3 is 9.88 Å². The summed E-state index contributed by atoms with van der Waals surface area (Å²) in [6.45, 7) is 2.03. The van der Waals surface area contributed by atoms with Crippen LogP contribution in [0.25, 0.3) is 0 Å². The lowest BCUT2D eigenvalue weighted by Crippen LogP contribution is -2.34. The number of likely N-dealkylation sites (N-methyl/N-ethyl adjacent to an activating group) is 1. The summed E-state index contributed by atoms with van der Waals surface area (Å²) in [5.41, 5.74) is 0. The summed E-state index contributed by atoms with van der Waals surface area (Å²) in [4.78, 5) is 9.76. The molecule has 0 spiro atoms. The number of thiophene rings is 1. The van der Waals surface area contributed by atoms with E-state index in [9.17, 15) is 8.42 Å². The van der Waals surface area contributed by atoms with E-state index in [1.807, 2.05) is 36.5 Å². The molecule has 1 unspecified atom stereocenters. The molecule has 2 aromatic heterocycles. The fourth-order valence-corrected chi connectivity index (χ4v) is 3.75. The Morgan fingerprint density at radius 3 is 2.75 bits per heavy atom. The Kier molecular flexibility index (Phi) is 4.59. The first-order valence-electron chi connectivity index (χ1n) is 6.11. The fraction of sp³-hybridized carbons (Fsp3) is 0.417. The Bertz CT molecular complexity index is 647. The molecule has 0 radical (unpaired) electrons. The molecule has 0 aromatic carbocycles. The Balaban J connectivity index is 2.10. The SMILES string of the molecule is Cc1ncc(S(=O)(=O)NCC(c2cccs2)N(C)C)[nH]1. The van der Waals surface area contributed by atoms with Crippen LogP contribution in [0.3, 0.4) is 0 Å². The lowest BCUT2D eigenvalue weighted by atomic mass is 10.2. The second-order valence-electron chi connectivity index (χ2n) is 4.68. The zero-order valence-corrected chi connectivity index (χ0v) is 13.3. The van der Waals surface area contributed by atoms with Crippen molar-refractivity contribution in [2.45, 2.75) is 18.0 Å². The highest BCUT2D eigenvalue weighted by atomic mass is 32.2. The van der Waals surface area contributed by atoms with E-state index in [0.717, 1.165) is 4.88 Å². The fourth-order valence-electron chi connectivity index (χ4n) is 1.82. The van der Waals surface area contributed by atoms with Crippen molar-refractivity contribution in [1.29, 1.82) is 0 Å². The normalized spacial score (nSPS) is 13.8. The van der Waals surface area contributed by atoms with Crippen molar-refractivity contribution in [3.05, 3.63) is 34.4 Å². The first-order valence-corrected chi connectivity index (χ1v) is 8.47. The van der Waals surface area contributed by atoms with Gasteiger partial charge in [0.2, 0.25) is 0 Å². The van der Waals surface area contributed by atoms with E-state index in [4.69, 9.17) is 0 Å². The topological polar surface area (TPSA) is 78.1 Å². The van der Waals surface area contributed by atoms with Crippen LogP contribution in [0.15, 0.2) is 28.7 Å². The molecule has 20 heavy (non-hydrogen) atoms. The molecule has 0 saturated heterocycles. The third-order valence-electron chi connectivity index (χ3n) is 2.93. The minimum absolute atomic E-state index is 0.00814. The van der Waals surface area contributed by atoms with Crippen LogP contribution in [-0.2, 0) is 10.0 Å². The quantitative estimate of drug-likeness (QED) is 0.844. The number of nitrogens with one attached hydrogen (secondary N) is 2. The number of aryl methyl sites for hydroxylation is 1. The summed E-state index contributed by atoms with van der Waals surface area (Å²) in [5, 5.41) is 2.08. The highest BCUT2D eigenvalue weighted by Gasteiger charge is 2.21. The van der Waals surface area contributed by atoms with E-state index in [-0.39, 0.29) is 11.1 Å². The van der Waals surface area contributed by atoms with Gasteiger partial charge in [-0.05, 0) is 32.5 Å². The molecule has 2 N–H and O–H groups in total. The molecule has 1 atom stereocenters. The van der Waals surface area contributed by atoms with Gasteiger partial charge in [-0.2, -0.15) is 0 Å². The third kappa shape index (κ3) is 3.45. The van der Waals surface area contributed by atoms with E-state index in [2.05, 4.69) is 14.7 Å². The smallest absolute Gasteiger partial charge is 0.257 e. The van der Waals surface area contributed by atoms with Crippen molar-refractivity contribution in [2.75, 3.05) is 20.6 Å². The van der Waals surface area contributed by atoms with Crippen molar-refractivity contribution < 1.29 is 8.42 Å². The standard InChI is InChI=1S/C12H18N4O2S2/c1-9-13-8-12(15-9)20(17,18)14-7-10(16(2)3)11-5-4-6-19-11/h4-6,8,10,14H,7H2,1-3H3,(H,13,15). The highest BCUT2D eigenvalue weighted by Crippen LogP contribution is 2.22. The summed E-state index contributed by atoms with van der Waals surface area (Å²) < 4.78 is 26.9. The number of nitrogens with zero attached hydrogens (tertiary/aromatic N) is 2. The van der Waals surface area contributed by atoms with Crippen molar-refractivity contribution in [3.63, 3.8) is 0 Å². The van der Waals surface area contributed by atoms with Crippen LogP contribution >= 0.6 is 11.3 Å². The molecule has 0 aliphatic rings. The van der Waals surface area contributed by atoms with Crippen LogP contribution in [0.4, 0.5) is 0 Å². The minimum atomic E-state index is -3.55. The van der Waals surface area contributed by atoms with E-state index in [1.54, 1.807) is 18.3 Å². The Morgan fingerprint density at radius 1 is 1.50 bits per heavy atom.